The molecule has 0 saturated heterocycles. The summed E-state index contributed by atoms with van der Waals surface area (Å²) < 4.78 is 16.9. The van der Waals surface area contributed by atoms with Crippen molar-refractivity contribution >= 4 is 17.9 Å². The highest BCUT2D eigenvalue weighted by Gasteiger charge is 2.19. The van der Waals surface area contributed by atoms with Gasteiger partial charge in [-0.25, -0.2) is 0 Å². The number of carbonyl (C=O) groups is 3. The number of rotatable bonds is 52. The van der Waals surface area contributed by atoms with Crippen LogP contribution in [0.5, 0.6) is 0 Å². The molecule has 0 fully saturated rings. The van der Waals surface area contributed by atoms with Crippen LogP contribution >= 0.6 is 0 Å². The zero-order chi connectivity index (χ0) is 47.7. The Morgan fingerprint density at radius 2 is 0.446 bits per heavy atom. The first-order valence-electron chi connectivity index (χ1n) is 29.1. The lowest BCUT2D eigenvalue weighted by atomic mass is 10.0. The normalized spacial score (nSPS) is 12.1. The van der Waals surface area contributed by atoms with Gasteiger partial charge in [-0.05, 0) is 37.0 Å². The molecule has 0 radical (unpaired) electrons. The Bertz CT molecular complexity index is 1010. The second kappa shape index (κ2) is 50.3. The maximum absolute atomic E-state index is 12.8. The van der Waals surface area contributed by atoms with Gasteiger partial charge >= 0.3 is 17.9 Å². The first-order chi connectivity index (χ1) is 31.6. The molecule has 0 amide bonds. The van der Waals surface area contributed by atoms with Crippen LogP contribution < -0.4 is 0 Å². The number of esters is 3. The van der Waals surface area contributed by atoms with E-state index in [1.165, 1.54) is 205 Å². The van der Waals surface area contributed by atoms with Crippen molar-refractivity contribution in [3.63, 3.8) is 0 Å². The lowest BCUT2D eigenvalue weighted by Gasteiger charge is -2.18. The van der Waals surface area contributed by atoms with E-state index in [4.69, 9.17) is 14.2 Å². The summed E-state index contributed by atoms with van der Waals surface area (Å²) in [5.41, 5.74) is 0. The molecule has 0 spiro atoms. The summed E-state index contributed by atoms with van der Waals surface area (Å²) >= 11 is 0. The molecule has 0 aliphatic heterocycles. The largest absolute Gasteiger partial charge is 0.462 e. The van der Waals surface area contributed by atoms with Gasteiger partial charge < -0.3 is 14.2 Å². The summed E-state index contributed by atoms with van der Waals surface area (Å²) in [5, 5.41) is 0. The fourth-order valence-electron chi connectivity index (χ4n) is 9.00. The minimum atomic E-state index is -0.764. The average molecular weight is 920 g/mol. The molecule has 0 rings (SSSR count). The predicted molar refractivity (Wildman–Crippen MR) is 279 cm³/mol. The molecule has 0 N–H and O–H groups in total. The molecular weight excluding hydrogens is 805 g/mol. The summed E-state index contributed by atoms with van der Waals surface area (Å²) in [5.74, 6) is 1.63. The summed E-state index contributed by atoms with van der Waals surface area (Å²) in [4.78, 5) is 38.1. The second-order valence-corrected chi connectivity index (χ2v) is 21.7. The summed E-state index contributed by atoms with van der Waals surface area (Å²) in [7, 11) is 0. The van der Waals surface area contributed by atoms with Crippen molar-refractivity contribution in [1.82, 2.24) is 0 Å². The third-order valence-electron chi connectivity index (χ3n) is 13.4. The van der Waals surface area contributed by atoms with Gasteiger partial charge in [-0.3, -0.25) is 14.4 Å². The van der Waals surface area contributed by atoms with E-state index in [1.807, 2.05) is 0 Å². The number of unbranched alkanes of at least 4 members (excludes halogenated alkanes) is 35. The molecule has 65 heavy (non-hydrogen) atoms. The van der Waals surface area contributed by atoms with Crippen molar-refractivity contribution in [3.8, 4) is 0 Å². The van der Waals surface area contributed by atoms with E-state index in [2.05, 4.69) is 41.5 Å². The minimum absolute atomic E-state index is 0.0640. The number of hydrogen-bond acceptors (Lipinski definition) is 6. The van der Waals surface area contributed by atoms with Gasteiger partial charge in [0.2, 0.25) is 0 Å². The van der Waals surface area contributed by atoms with Gasteiger partial charge in [-0.2, -0.15) is 0 Å². The first-order valence-corrected chi connectivity index (χ1v) is 29.1. The molecular formula is C59H114O6. The van der Waals surface area contributed by atoms with E-state index in [-0.39, 0.29) is 31.1 Å². The molecule has 0 unspecified atom stereocenters. The van der Waals surface area contributed by atoms with E-state index >= 15 is 0 Å². The summed E-state index contributed by atoms with van der Waals surface area (Å²) in [6, 6.07) is 0. The van der Waals surface area contributed by atoms with Crippen LogP contribution in [0.2, 0.25) is 0 Å². The zero-order valence-corrected chi connectivity index (χ0v) is 44.8. The van der Waals surface area contributed by atoms with Crippen LogP contribution in [0.15, 0.2) is 0 Å². The molecule has 0 saturated carbocycles. The fraction of sp³-hybridized carbons (Fsp3) is 0.949. The summed E-state index contributed by atoms with van der Waals surface area (Å²) in [6.45, 7) is 13.7. The maximum atomic E-state index is 12.8. The van der Waals surface area contributed by atoms with E-state index in [9.17, 15) is 14.4 Å². The molecule has 0 bridgehead atoms. The minimum Gasteiger partial charge on any atom is -0.462 e. The topological polar surface area (TPSA) is 78.9 Å². The van der Waals surface area contributed by atoms with E-state index in [0.29, 0.717) is 19.3 Å². The van der Waals surface area contributed by atoms with Crippen molar-refractivity contribution in [1.29, 1.82) is 0 Å². The Morgan fingerprint density at radius 1 is 0.262 bits per heavy atom. The molecule has 0 aliphatic carbocycles. The van der Waals surface area contributed by atoms with Gasteiger partial charge in [0.25, 0.3) is 0 Å². The van der Waals surface area contributed by atoms with Crippen LogP contribution in [0.4, 0.5) is 0 Å². The highest BCUT2D eigenvalue weighted by molar-refractivity contribution is 5.71. The molecule has 0 aromatic rings. The number of ether oxygens (including phenoxy) is 3. The van der Waals surface area contributed by atoms with Gasteiger partial charge in [-0.1, -0.05) is 286 Å². The molecule has 1 atom stereocenters. The first kappa shape index (κ1) is 63.4. The Kier molecular flexibility index (Phi) is 49.1. The number of carbonyl (C=O) groups excluding carboxylic acids is 3. The highest BCUT2D eigenvalue weighted by atomic mass is 16.6. The van der Waals surface area contributed by atoms with Crippen LogP contribution in [0, 0.1) is 17.8 Å². The Hall–Kier alpha value is -1.59. The molecule has 0 aliphatic rings. The van der Waals surface area contributed by atoms with Crippen molar-refractivity contribution in [2.45, 2.75) is 330 Å². The fourth-order valence-corrected chi connectivity index (χ4v) is 9.00. The predicted octanol–water partition coefficient (Wildman–Crippen LogP) is 19.1. The van der Waals surface area contributed by atoms with Gasteiger partial charge in [0.1, 0.15) is 13.2 Å². The van der Waals surface area contributed by atoms with Gasteiger partial charge in [-0.15, -0.1) is 0 Å². The van der Waals surface area contributed by atoms with Gasteiger partial charge in [0.15, 0.2) is 6.10 Å². The van der Waals surface area contributed by atoms with E-state index < -0.39 is 6.10 Å². The second-order valence-electron chi connectivity index (χ2n) is 21.7. The number of hydrogen-bond donors (Lipinski definition) is 0. The maximum Gasteiger partial charge on any atom is 0.306 e. The van der Waals surface area contributed by atoms with Gasteiger partial charge in [0.05, 0.1) is 0 Å². The summed E-state index contributed by atoms with van der Waals surface area (Å²) in [6.07, 6.45) is 52.5. The lowest BCUT2D eigenvalue weighted by molar-refractivity contribution is -0.167. The molecule has 0 aromatic heterocycles. The Morgan fingerprint density at radius 3 is 0.662 bits per heavy atom. The lowest BCUT2D eigenvalue weighted by Crippen LogP contribution is -2.30. The van der Waals surface area contributed by atoms with E-state index in [1.54, 1.807) is 0 Å². The Balaban J connectivity index is 4.21. The van der Waals surface area contributed by atoms with Crippen molar-refractivity contribution in [2.75, 3.05) is 13.2 Å². The average Bonchev–Trinajstić information content (AvgIpc) is 3.26. The van der Waals surface area contributed by atoms with Crippen molar-refractivity contribution < 1.29 is 28.6 Å². The molecule has 6 nitrogen and oxygen atoms in total. The van der Waals surface area contributed by atoms with Crippen molar-refractivity contribution in [3.05, 3.63) is 0 Å². The van der Waals surface area contributed by atoms with Gasteiger partial charge in [0, 0.05) is 19.3 Å². The van der Waals surface area contributed by atoms with Crippen LogP contribution in [-0.2, 0) is 28.6 Å². The highest BCUT2D eigenvalue weighted by Crippen LogP contribution is 2.18. The molecule has 386 valence electrons. The third kappa shape index (κ3) is 53.2. The Labute approximate surface area is 406 Å². The van der Waals surface area contributed by atoms with Crippen LogP contribution in [0.1, 0.15) is 324 Å². The molecule has 0 heterocycles. The quantitative estimate of drug-likeness (QED) is 0.0344. The smallest absolute Gasteiger partial charge is 0.306 e. The standard InChI is InChI=1S/C59H114O6/c1-53(2)45-39-33-27-22-18-14-11-9-7-8-10-12-16-20-24-30-36-42-48-57(60)63-51-56(52-64-58(61)49-43-37-32-26-29-35-41-47-55(5)6)65-59(62)50-44-38-31-25-21-17-13-15-19-23-28-34-40-46-54(3)4/h53-56H,7-52H2,1-6H3/t56-/m0/s1. The SMILES string of the molecule is CC(C)CCCCCCCCCCCCCCCCCCCCC(=O)OC[C@@H](COC(=O)CCCCCCCCCC(C)C)OC(=O)CCCCCCCCCCCCCCCC(C)C. The van der Waals surface area contributed by atoms with E-state index in [0.717, 1.165) is 75.5 Å². The monoisotopic (exact) mass is 919 g/mol. The van der Waals surface area contributed by atoms with Crippen molar-refractivity contribution in [2.24, 2.45) is 17.8 Å². The third-order valence-corrected chi connectivity index (χ3v) is 13.4. The van der Waals surface area contributed by atoms with Crippen LogP contribution in [-0.4, -0.2) is 37.2 Å². The zero-order valence-electron chi connectivity index (χ0n) is 44.8. The van der Waals surface area contributed by atoms with Crippen LogP contribution in [0.25, 0.3) is 0 Å². The molecule has 6 heteroatoms. The van der Waals surface area contributed by atoms with Crippen LogP contribution in [0.3, 0.4) is 0 Å². The molecule has 0 aromatic carbocycles.